The van der Waals surface area contributed by atoms with Gasteiger partial charge in [-0.25, -0.2) is 9.69 Å². The molecule has 0 N–H and O–H groups in total. The van der Waals surface area contributed by atoms with Crippen molar-refractivity contribution in [3.63, 3.8) is 0 Å². The van der Waals surface area contributed by atoms with Crippen molar-refractivity contribution in [2.24, 2.45) is 0 Å². The number of carbonyl (C=O) groups excluding carboxylic acids is 2. The maximum absolute atomic E-state index is 13.0. The fourth-order valence-corrected chi connectivity index (χ4v) is 4.66. The van der Waals surface area contributed by atoms with Crippen LogP contribution in [-0.4, -0.2) is 33.6 Å². The van der Waals surface area contributed by atoms with Crippen LogP contribution in [0.2, 0.25) is 0 Å². The maximum atomic E-state index is 13.0. The summed E-state index contributed by atoms with van der Waals surface area (Å²) in [5.41, 5.74) is 4.08. The number of aryl methyl sites for hydroxylation is 2. The van der Waals surface area contributed by atoms with Gasteiger partial charge in [-0.2, -0.15) is 0 Å². The number of benzene rings is 2. The van der Waals surface area contributed by atoms with Gasteiger partial charge in [0.1, 0.15) is 5.60 Å². The Bertz CT molecular complexity index is 1160. The normalized spacial score (nSPS) is 17.5. The summed E-state index contributed by atoms with van der Waals surface area (Å²) < 4.78 is 7.73. The molecule has 3 aromatic rings. The van der Waals surface area contributed by atoms with E-state index in [1.54, 1.807) is 0 Å². The zero-order valence-electron chi connectivity index (χ0n) is 20.3. The molecule has 0 bridgehead atoms. The lowest BCUT2D eigenvalue weighted by Crippen LogP contribution is -2.38. The minimum Gasteiger partial charge on any atom is -0.443 e. The van der Waals surface area contributed by atoms with Crippen LogP contribution in [0.4, 0.5) is 4.79 Å². The number of ether oxygens (including phenoxy) is 1. The minimum atomic E-state index is -0.621. The standard InChI is InChI=1S/C28H34N2O3/c1-19(21-9-7-6-8-10-21)13-15-29-18-20(2)23-12-11-22(17-25(23)29)24-14-16-30(26(24)31)27(32)33-28(3,4)5/h6-12,17-19,24H,13-16H2,1-5H3. The summed E-state index contributed by atoms with van der Waals surface area (Å²) in [4.78, 5) is 26.8. The van der Waals surface area contributed by atoms with Gasteiger partial charge >= 0.3 is 6.09 Å². The van der Waals surface area contributed by atoms with Crippen molar-refractivity contribution in [1.82, 2.24) is 9.47 Å². The number of imide groups is 1. The summed E-state index contributed by atoms with van der Waals surface area (Å²) in [5.74, 6) is -0.0177. The zero-order chi connectivity index (χ0) is 23.8. The predicted molar refractivity (Wildman–Crippen MR) is 131 cm³/mol. The lowest BCUT2D eigenvalue weighted by atomic mass is 9.96. The van der Waals surface area contributed by atoms with Gasteiger partial charge in [0, 0.05) is 30.2 Å². The lowest BCUT2D eigenvalue weighted by Gasteiger charge is -2.23. The average molecular weight is 447 g/mol. The predicted octanol–water partition coefficient (Wildman–Crippen LogP) is 6.39. The number of hydrogen-bond acceptors (Lipinski definition) is 3. The Hall–Kier alpha value is -3.08. The number of nitrogens with zero attached hydrogens (tertiary/aromatic N) is 2. The van der Waals surface area contributed by atoms with E-state index in [9.17, 15) is 9.59 Å². The highest BCUT2D eigenvalue weighted by Gasteiger charge is 2.38. The molecular formula is C28H34N2O3. The second kappa shape index (κ2) is 9.05. The summed E-state index contributed by atoms with van der Waals surface area (Å²) in [6, 6.07) is 16.9. The topological polar surface area (TPSA) is 51.5 Å². The summed E-state index contributed by atoms with van der Waals surface area (Å²) in [6.45, 7) is 11.1. The fraction of sp³-hybridized carbons (Fsp3) is 0.429. The van der Waals surface area contributed by atoms with Gasteiger partial charge in [-0.3, -0.25) is 4.79 Å². The van der Waals surface area contributed by atoms with Crippen molar-refractivity contribution in [2.75, 3.05) is 6.54 Å². The molecule has 2 heterocycles. The monoisotopic (exact) mass is 446 g/mol. The number of aromatic nitrogens is 1. The number of fused-ring (bicyclic) bond motifs is 1. The molecular weight excluding hydrogens is 412 g/mol. The Morgan fingerprint density at radius 1 is 1.15 bits per heavy atom. The molecule has 1 fully saturated rings. The van der Waals surface area contributed by atoms with Gasteiger partial charge in [-0.15, -0.1) is 0 Å². The smallest absolute Gasteiger partial charge is 0.417 e. The number of carbonyl (C=O) groups is 2. The third-order valence-corrected chi connectivity index (χ3v) is 6.50. The third kappa shape index (κ3) is 4.97. The average Bonchev–Trinajstić information content (AvgIpc) is 3.31. The van der Waals surface area contributed by atoms with Gasteiger partial charge in [0.2, 0.25) is 5.91 Å². The van der Waals surface area contributed by atoms with E-state index in [0.29, 0.717) is 18.9 Å². The second-order valence-corrected chi connectivity index (χ2v) is 10.2. The number of amides is 2. The molecule has 4 rings (SSSR count). The molecule has 33 heavy (non-hydrogen) atoms. The van der Waals surface area contributed by atoms with Crippen LogP contribution < -0.4 is 0 Å². The molecule has 2 aromatic carbocycles. The first-order valence-corrected chi connectivity index (χ1v) is 11.8. The third-order valence-electron chi connectivity index (χ3n) is 6.50. The van der Waals surface area contributed by atoms with Gasteiger partial charge < -0.3 is 9.30 Å². The lowest BCUT2D eigenvalue weighted by molar-refractivity contribution is -0.128. The van der Waals surface area contributed by atoms with Crippen molar-refractivity contribution < 1.29 is 14.3 Å². The molecule has 2 unspecified atom stereocenters. The highest BCUT2D eigenvalue weighted by atomic mass is 16.6. The molecule has 1 saturated heterocycles. The van der Waals surface area contributed by atoms with Crippen LogP contribution in [0.25, 0.3) is 10.9 Å². The summed E-state index contributed by atoms with van der Waals surface area (Å²) in [6.07, 6.45) is 3.31. The molecule has 0 spiro atoms. The summed E-state index contributed by atoms with van der Waals surface area (Å²) in [7, 11) is 0. The molecule has 0 saturated carbocycles. The first-order valence-electron chi connectivity index (χ1n) is 11.8. The Morgan fingerprint density at radius 3 is 2.58 bits per heavy atom. The first kappa shape index (κ1) is 23.1. The molecule has 1 aliphatic heterocycles. The highest BCUT2D eigenvalue weighted by Crippen LogP contribution is 2.33. The highest BCUT2D eigenvalue weighted by molar-refractivity contribution is 5.98. The largest absolute Gasteiger partial charge is 0.443 e. The number of likely N-dealkylation sites (tertiary alicyclic amines) is 1. The summed E-state index contributed by atoms with van der Waals surface area (Å²) in [5, 5.41) is 1.21. The van der Waals surface area contributed by atoms with E-state index in [4.69, 9.17) is 4.74 Å². The van der Waals surface area contributed by atoms with Crippen LogP contribution in [0.1, 0.15) is 69.1 Å². The Balaban J connectivity index is 1.53. The van der Waals surface area contributed by atoms with Crippen molar-refractivity contribution in [2.45, 2.75) is 71.4 Å². The van der Waals surface area contributed by atoms with E-state index in [1.807, 2.05) is 26.8 Å². The fourth-order valence-electron chi connectivity index (χ4n) is 4.66. The van der Waals surface area contributed by atoms with E-state index in [0.717, 1.165) is 24.0 Å². The maximum Gasteiger partial charge on any atom is 0.417 e. The molecule has 5 heteroatoms. The Labute approximate surface area is 196 Å². The van der Waals surface area contributed by atoms with Gasteiger partial charge in [0.25, 0.3) is 0 Å². The molecule has 2 amide bonds. The van der Waals surface area contributed by atoms with Crippen LogP contribution in [0.3, 0.4) is 0 Å². The Kier molecular flexibility index (Phi) is 6.33. The van der Waals surface area contributed by atoms with E-state index in [1.165, 1.54) is 21.4 Å². The molecule has 174 valence electrons. The summed E-state index contributed by atoms with van der Waals surface area (Å²) >= 11 is 0. The Morgan fingerprint density at radius 2 is 1.88 bits per heavy atom. The molecule has 0 radical (unpaired) electrons. The van der Waals surface area contributed by atoms with Crippen LogP contribution in [0.15, 0.2) is 54.7 Å². The van der Waals surface area contributed by atoms with E-state index in [-0.39, 0.29) is 11.8 Å². The van der Waals surface area contributed by atoms with E-state index < -0.39 is 11.7 Å². The molecule has 1 aromatic heterocycles. The van der Waals surface area contributed by atoms with Crippen molar-refractivity contribution in [1.29, 1.82) is 0 Å². The van der Waals surface area contributed by atoms with Gasteiger partial charge in [-0.05, 0) is 69.2 Å². The first-order chi connectivity index (χ1) is 15.6. The zero-order valence-corrected chi connectivity index (χ0v) is 20.3. The van der Waals surface area contributed by atoms with Crippen LogP contribution in [0, 0.1) is 6.92 Å². The van der Waals surface area contributed by atoms with Crippen molar-refractivity contribution in [3.05, 3.63) is 71.4 Å². The SMILES string of the molecule is Cc1cn(CCC(C)c2ccccc2)c2cc(C3CCN(C(=O)OC(C)(C)C)C3=O)ccc12. The molecule has 0 aliphatic carbocycles. The van der Waals surface area contributed by atoms with Crippen molar-refractivity contribution >= 4 is 22.9 Å². The minimum absolute atomic E-state index is 0.170. The molecule has 2 atom stereocenters. The van der Waals surface area contributed by atoms with Crippen LogP contribution in [-0.2, 0) is 16.1 Å². The van der Waals surface area contributed by atoms with Crippen molar-refractivity contribution in [3.8, 4) is 0 Å². The van der Waals surface area contributed by atoms with E-state index >= 15 is 0 Å². The van der Waals surface area contributed by atoms with Crippen LogP contribution >= 0.6 is 0 Å². The second-order valence-electron chi connectivity index (χ2n) is 10.2. The van der Waals surface area contributed by atoms with Crippen LogP contribution in [0.5, 0.6) is 0 Å². The number of hydrogen-bond donors (Lipinski definition) is 0. The number of rotatable bonds is 5. The quantitative estimate of drug-likeness (QED) is 0.456. The van der Waals surface area contributed by atoms with Gasteiger partial charge in [-0.1, -0.05) is 49.4 Å². The van der Waals surface area contributed by atoms with E-state index in [2.05, 4.69) is 67.1 Å². The van der Waals surface area contributed by atoms with Gasteiger partial charge in [0.05, 0.1) is 5.92 Å². The molecule has 1 aliphatic rings. The molecule has 5 nitrogen and oxygen atoms in total. The van der Waals surface area contributed by atoms with Gasteiger partial charge in [0.15, 0.2) is 0 Å².